The van der Waals surface area contributed by atoms with Gasteiger partial charge in [-0.25, -0.2) is 0 Å². The summed E-state index contributed by atoms with van der Waals surface area (Å²) in [6.07, 6.45) is 0.137. The maximum atomic E-state index is 12.2. The lowest BCUT2D eigenvalue weighted by molar-refractivity contribution is 0.0990. The van der Waals surface area contributed by atoms with E-state index in [1.807, 2.05) is 18.2 Å². The summed E-state index contributed by atoms with van der Waals surface area (Å²) in [6, 6.07) is 10.5. The second-order valence-corrected chi connectivity index (χ2v) is 4.52. The van der Waals surface area contributed by atoms with Gasteiger partial charge in [0.2, 0.25) is 5.78 Å². The zero-order chi connectivity index (χ0) is 14.1. The lowest BCUT2D eigenvalue weighted by atomic mass is 10.1. The number of aryl methyl sites for hydroxylation is 1. The first-order valence-electron chi connectivity index (χ1n) is 6.17. The molecule has 1 aromatic carbocycles. The van der Waals surface area contributed by atoms with E-state index in [9.17, 15) is 9.59 Å². The van der Waals surface area contributed by atoms with Crippen LogP contribution in [0.3, 0.4) is 0 Å². The third kappa shape index (κ3) is 2.11. The molecule has 2 aromatic heterocycles. The topological polar surface area (TPSA) is 80.1 Å². The predicted octanol–water partition coefficient (Wildman–Crippen LogP) is 1.15. The molecule has 1 N–H and O–H groups in total. The SMILES string of the molecule is Cc1cc(=O)[nH]c2nnc(CC(=O)c3ccccc3)n12. The quantitative estimate of drug-likeness (QED) is 0.723. The Morgan fingerprint density at radius 3 is 2.75 bits per heavy atom. The van der Waals surface area contributed by atoms with Crippen LogP contribution in [-0.4, -0.2) is 25.4 Å². The van der Waals surface area contributed by atoms with E-state index in [4.69, 9.17) is 0 Å². The largest absolute Gasteiger partial charge is 0.294 e. The molecule has 0 aliphatic rings. The number of fused-ring (bicyclic) bond motifs is 1. The first-order valence-corrected chi connectivity index (χ1v) is 6.17. The highest BCUT2D eigenvalue weighted by Crippen LogP contribution is 2.08. The number of aromatic amines is 1. The maximum Gasteiger partial charge on any atom is 0.252 e. The van der Waals surface area contributed by atoms with Gasteiger partial charge in [0.15, 0.2) is 5.78 Å². The number of aromatic nitrogens is 4. The molecule has 0 bridgehead atoms. The number of Topliss-reactive ketones (excluding diaryl/α,β-unsaturated/α-hetero) is 1. The van der Waals surface area contributed by atoms with Gasteiger partial charge in [0.1, 0.15) is 5.82 Å². The number of nitrogens with one attached hydrogen (secondary N) is 1. The van der Waals surface area contributed by atoms with Crippen molar-refractivity contribution in [3.8, 4) is 0 Å². The fraction of sp³-hybridized carbons (Fsp3) is 0.143. The van der Waals surface area contributed by atoms with Gasteiger partial charge in [0.25, 0.3) is 5.56 Å². The molecule has 0 amide bonds. The number of carbonyl (C=O) groups excluding carboxylic acids is 1. The van der Waals surface area contributed by atoms with Crippen LogP contribution in [0.15, 0.2) is 41.2 Å². The molecule has 0 aliphatic heterocycles. The van der Waals surface area contributed by atoms with E-state index in [1.165, 1.54) is 6.07 Å². The Hall–Kier alpha value is -2.76. The van der Waals surface area contributed by atoms with Crippen molar-refractivity contribution in [3.05, 3.63) is 63.8 Å². The first-order chi connectivity index (χ1) is 9.65. The van der Waals surface area contributed by atoms with Gasteiger partial charge in [0, 0.05) is 17.3 Å². The Bertz CT molecular complexity index is 833. The summed E-state index contributed by atoms with van der Waals surface area (Å²) in [5.74, 6) is 0.832. The average molecular weight is 268 g/mol. The van der Waals surface area contributed by atoms with Gasteiger partial charge in [-0.2, -0.15) is 0 Å². The molecule has 100 valence electrons. The number of nitrogens with zero attached hydrogens (tertiary/aromatic N) is 3. The number of rotatable bonds is 3. The smallest absolute Gasteiger partial charge is 0.252 e. The van der Waals surface area contributed by atoms with Crippen LogP contribution in [0, 0.1) is 6.92 Å². The second kappa shape index (κ2) is 4.73. The van der Waals surface area contributed by atoms with Crippen molar-refractivity contribution in [2.24, 2.45) is 0 Å². The Morgan fingerprint density at radius 1 is 1.25 bits per heavy atom. The molecule has 0 spiro atoms. The Morgan fingerprint density at radius 2 is 2.00 bits per heavy atom. The van der Waals surface area contributed by atoms with Crippen LogP contribution in [-0.2, 0) is 6.42 Å². The summed E-state index contributed by atoms with van der Waals surface area (Å²) >= 11 is 0. The maximum absolute atomic E-state index is 12.2. The van der Waals surface area contributed by atoms with E-state index in [0.29, 0.717) is 22.9 Å². The van der Waals surface area contributed by atoms with Crippen molar-refractivity contribution >= 4 is 11.6 Å². The minimum atomic E-state index is -0.233. The zero-order valence-electron chi connectivity index (χ0n) is 10.8. The average Bonchev–Trinajstić information content (AvgIpc) is 2.82. The van der Waals surface area contributed by atoms with Crippen molar-refractivity contribution in [3.63, 3.8) is 0 Å². The van der Waals surface area contributed by atoms with Crippen LogP contribution in [0.4, 0.5) is 0 Å². The molecule has 20 heavy (non-hydrogen) atoms. The van der Waals surface area contributed by atoms with Crippen molar-refractivity contribution in [1.82, 2.24) is 19.6 Å². The molecule has 2 heterocycles. The molecule has 3 rings (SSSR count). The van der Waals surface area contributed by atoms with E-state index >= 15 is 0 Å². The normalized spacial score (nSPS) is 10.8. The van der Waals surface area contributed by atoms with Gasteiger partial charge in [-0.05, 0) is 6.92 Å². The molecular formula is C14H12N4O2. The highest BCUT2D eigenvalue weighted by molar-refractivity contribution is 5.97. The zero-order valence-corrected chi connectivity index (χ0v) is 10.8. The number of hydrogen-bond acceptors (Lipinski definition) is 4. The van der Waals surface area contributed by atoms with Crippen molar-refractivity contribution in [2.45, 2.75) is 13.3 Å². The molecule has 0 aliphatic carbocycles. The van der Waals surface area contributed by atoms with Crippen LogP contribution >= 0.6 is 0 Å². The molecule has 6 heteroatoms. The van der Waals surface area contributed by atoms with Crippen LogP contribution in [0.2, 0.25) is 0 Å². The fourth-order valence-electron chi connectivity index (χ4n) is 2.15. The summed E-state index contributed by atoms with van der Waals surface area (Å²) in [5, 5.41) is 7.88. The van der Waals surface area contributed by atoms with Crippen LogP contribution in [0.5, 0.6) is 0 Å². The molecule has 0 radical (unpaired) electrons. The molecule has 0 unspecified atom stereocenters. The van der Waals surface area contributed by atoms with Gasteiger partial charge < -0.3 is 0 Å². The lowest BCUT2D eigenvalue weighted by Crippen LogP contribution is -2.12. The lowest BCUT2D eigenvalue weighted by Gasteiger charge is -2.02. The highest BCUT2D eigenvalue weighted by atomic mass is 16.1. The Kier molecular flexibility index (Phi) is 2.90. The van der Waals surface area contributed by atoms with E-state index in [0.717, 1.165) is 0 Å². The molecule has 0 saturated heterocycles. The van der Waals surface area contributed by atoms with Crippen molar-refractivity contribution in [2.75, 3.05) is 0 Å². The van der Waals surface area contributed by atoms with E-state index in [1.54, 1.807) is 23.5 Å². The number of benzene rings is 1. The van der Waals surface area contributed by atoms with Gasteiger partial charge in [0.05, 0.1) is 6.42 Å². The van der Waals surface area contributed by atoms with Gasteiger partial charge in [-0.3, -0.25) is 19.0 Å². The van der Waals surface area contributed by atoms with Gasteiger partial charge in [-0.1, -0.05) is 30.3 Å². The van der Waals surface area contributed by atoms with E-state index in [-0.39, 0.29) is 17.8 Å². The fourth-order valence-corrected chi connectivity index (χ4v) is 2.15. The molecule has 3 aromatic rings. The van der Waals surface area contributed by atoms with Crippen LogP contribution < -0.4 is 5.56 Å². The first kappa shape index (κ1) is 12.3. The number of hydrogen-bond donors (Lipinski definition) is 1. The summed E-state index contributed by atoms with van der Waals surface area (Å²) in [4.78, 5) is 26.1. The third-order valence-electron chi connectivity index (χ3n) is 3.07. The van der Waals surface area contributed by atoms with Crippen molar-refractivity contribution in [1.29, 1.82) is 0 Å². The minimum absolute atomic E-state index is 0.0366. The summed E-state index contributed by atoms with van der Waals surface area (Å²) < 4.78 is 1.68. The van der Waals surface area contributed by atoms with Crippen molar-refractivity contribution < 1.29 is 4.79 Å². The standard InChI is InChI=1S/C14H12N4O2/c1-9-7-13(20)15-14-17-16-12(18(9)14)8-11(19)10-5-3-2-4-6-10/h2-7H,8H2,1H3,(H,15,17,20). The van der Waals surface area contributed by atoms with E-state index < -0.39 is 0 Å². The third-order valence-corrected chi connectivity index (χ3v) is 3.07. The minimum Gasteiger partial charge on any atom is -0.294 e. The predicted molar refractivity (Wildman–Crippen MR) is 72.8 cm³/mol. The Labute approximate surface area is 114 Å². The molecule has 0 saturated carbocycles. The summed E-state index contributed by atoms with van der Waals surface area (Å²) in [7, 11) is 0. The molecule has 0 atom stereocenters. The number of carbonyl (C=O) groups is 1. The number of H-pyrrole nitrogens is 1. The van der Waals surface area contributed by atoms with E-state index in [2.05, 4.69) is 15.2 Å². The number of ketones is 1. The van der Waals surface area contributed by atoms with Crippen LogP contribution in [0.1, 0.15) is 21.9 Å². The summed E-state index contributed by atoms with van der Waals surface area (Å²) in [6.45, 7) is 1.78. The molecule has 6 nitrogen and oxygen atoms in total. The van der Waals surface area contributed by atoms with Crippen LogP contribution in [0.25, 0.3) is 5.78 Å². The highest BCUT2D eigenvalue weighted by Gasteiger charge is 2.14. The molecular weight excluding hydrogens is 256 g/mol. The van der Waals surface area contributed by atoms with Gasteiger partial charge >= 0.3 is 0 Å². The summed E-state index contributed by atoms with van der Waals surface area (Å²) in [5.41, 5.74) is 1.10. The van der Waals surface area contributed by atoms with Gasteiger partial charge in [-0.15, -0.1) is 10.2 Å². The second-order valence-electron chi connectivity index (χ2n) is 4.52. The molecule has 0 fully saturated rings. The monoisotopic (exact) mass is 268 g/mol. The Balaban J connectivity index is 2.00.